The van der Waals surface area contributed by atoms with Crippen LogP contribution in [0.2, 0.25) is 0 Å². The Morgan fingerprint density at radius 2 is 1.79 bits per heavy atom. The van der Waals surface area contributed by atoms with E-state index < -0.39 is 0 Å². The van der Waals surface area contributed by atoms with Crippen molar-refractivity contribution in [2.45, 2.75) is 32.2 Å². The summed E-state index contributed by atoms with van der Waals surface area (Å²) in [6.45, 7) is 8.60. The van der Waals surface area contributed by atoms with E-state index in [-0.39, 0.29) is 6.04 Å². The largest absolute Gasteiger partial charge is 0.490 e. The highest BCUT2D eigenvalue weighted by molar-refractivity contribution is 7.80. The minimum absolute atomic E-state index is 0.130. The average molecular weight is 396 g/mol. The molecule has 0 spiro atoms. The van der Waals surface area contributed by atoms with Crippen LogP contribution in [0.15, 0.2) is 61.2 Å². The van der Waals surface area contributed by atoms with Crippen molar-refractivity contribution in [3.8, 4) is 5.75 Å². The van der Waals surface area contributed by atoms with Crippen molar-refractivity contribution in [1.29, 1.82) is 0 Å². The maximum atomic E-state index is 5.49. The second-order valence-electron chi connectivity index (χ2n) is 7.08. The molecule has 3 rings (SSSR count). The number of hydrogen-bond acceptors (Lipinski definition) is 3. The zero-order chi connectivity index (χ0) is 19.8. The van der Waals surface area contributed by atoms with Crippen molar-refractivity contribution in [3.63, 3.8) is 0 Å². The van der Waals surface area contributed by atoms with Gasteiger partial charge in [-0.05, 0) is 80.4 Å². The number of nitrogens with one attached hydrogen (secondary N) is 2. The SMILES string of the molecule is C=CCOc1ccc(NC(=S)NC(C)c2ccc(N3CCCCC3)cc2)cc1. The number of piperidine rings is 1. The van der Waals surface area contributed by atoms with Crippen molar-refractivity contribution in [2.75, 3.05) is 29.9 Å². The molecule has 2 aromatic carbocycles. The van der Waals surface area contributed by atoms with Crippen LogP contribution in [-0.4, -0.2) is 24.8 Å². The maximum absolute atomic E-state index is 5.49. The number of hydrogen-bond donors (Lipinski definition) is 2. The summed E-state index contributed by atoms with van der Waals surface area (Å²) in [5.74, 6) is 0.812. The number of thiocarbonyl (C=S) groups is 1. The van der Waals surface area contributed by atoms with E-state index in [0.29, 0.717) is 11.7 Å². The first-order chi connectivity index (χ1) is 13.7. The zero-order valence-corrected chi connectivity index (χ0v) is 17.3. The fourth-order valence-corrected chi connectivity index (χ4v) is 3.66. The smallest absolute Gasteiger partial charge is 0.171 e. The molecule has 1 heterocycles. The lowest BCUT2D eigenvalue weighted by Crippen LogP contribution is -2.31. The zero-order valence-electron chi connectivity index (χ0n) is 16.5. The highest BCUT2D eigenvalue weighted by Gasteiger charge is 2.12. The molecule has 0 amide bonds. The Morgan fingerprint density at radius 3 is 2.43 bits per heavy atom. The van der Waals surface area contributed by atoms with E-state index in [0.717, 1.165) is 11.4 Å². The summed E-state index contributed by atoms with van der Waals surface area (Å²) in [5.41, 5.74) is 3.46. The van der Waals surface area contributed by atoms with Crippen molar-refractivity contribution in [3.05, 3.63) is 66.7 Å². The molecule has 4 nitrogen and oxygen atoms in total. The Kier molecular flexibility index (Phi) is 7.31. The molecular weight excluding hydrogens is 366 g/mol. The predicted octanol–water partition coefficient (Wildman–Crippen LogP) is 5.29. The molecule has 2 aromatic rings. The Balaban J connectivity index is 1.51. The van der Waals surface area contributed by atoms with Crippen LogP contribution in [0.3, 0.4) is 0 Å². The van der Waals surface area contributed by atoms with Gasteiger partial charge in [0.25, 0.3) is 0 Å². The fraction of sp³-hybridized carbons (Fsp3) is 0.348. The Hall–Kier alpha value is -2.53. The predicted molar refractivity (Wildman–Crippen MR) is 122 cm³/mol. The molecule has 0 aromatic heterocycles. The first-order valence-electron chi connectivity index (χ1n) is 9.92. The van der Waals surface area contributed by atoms with Gasteiger partial charge in [0.2, 0.25) is 0 Å². The standard InChI is InChI=1S/C23H29N3OS/c1-3-17-27-22-13-9-20(10-14-22)25-23(28)24-18(2)19-7-11-21(12-8-19)26-15-5-4-6-16-26/h3,7-14,18H,1,4-6,15-17H2,2H3,(H2,24,25,28). The molecule has 148 valence electrons. The van der Waals surface area contributed by atoms with Gasteiger partial charge in [-0.15, -0.1) is 0 Å². The second-order valence-corrected chi connectivity index (χ2v) is 7.49. The summed E-state index contributed by atoms with van der Waals surface area (Å²) in [5, 5.41) is 7.18. The van der Waals surface area contributed by atoms with Gasteiger partial charge in [0.05, 0.1) is 6.04 Å². The van der Waals surface area contributed by atoms with E-state index in [1.165, 1.54) is 43.6 Å². The second kappa shape index (κ2) is 10.1. The van der Waals surface area contributed by atoms with Crippen LogP contribution in [0.5, 0.6) is 5.75 Å². The summed E-state index contributed by atoms with van der Waals surface area (Å²) in [7, 11) is 0. The van der Waals surface area contributed by atoms with E-state index in [2.05, 4.69) is 53.3 Å². The molecule has 1 aliphatic rings. The molecule has 0 radical (unpaired) electrons. The van der Waals surface area contributed by atoms with Crippen molar-refractivity contribution in [1.82, 2.24) is 5.32 Å². The number of benzene rings is 2. The number of nitrogens with zero attached hydrogens (tertiary/aromatic N) is 1. The molecule has 1 fully saturated rings. The number of ether oxygens (including phenoxy) is 1. The van der Waals surface area contributed by atoms with Crippen LogP contribution in [0.4, 0.5) is 11.4 Å². The van der Waals surface area contributed by atoms with Crippen LogP contribution in [0.25, 0.3) is 0 Å². The van der Waals surface area contributed by atoms with Crippen molar-refractivity contribution < 1.29 is 4.74 Å². The van der Waals surface area contributed by atoms with E-state index in [9.17, 15) is 0 Å². The lowest BCUT2D eigenvalue weighted by Gasteiger charge is -2.29. The third-order valence-electron chi connectivity index (χ3n) is 4.94. The van der Waals surface area contributed by atoms with Gasteiger partial charge in [0.15, 0.2) is 5.11 Å². The van der Waals surface area contributed by atoms with Crippen LogP contribution < -0.4 is 20.3 Å². The summed E-state index contributed by atoms with van der Waals surface area (Å²) in [4.78, 5) is 2.47. The molecule has 1 aliphatic heterocycles. The minimum Gasteiger partial charge on any atom is -0.490 e. The average Bonchev–Trinajstić information content (AvgIpc) is 2.74. The molecule has 0 saturated carbocycles. The molecule has 1 atom stereocenters. The Morgan fingerprint density at radius 1 is 1.11 bits per heavy atom. The highest BCUT2D eigenvalue weighted by atomic mass is 32.1. The molecule has 0 aliphatic carbocycles. The van der Waals surface area contributed by atoms with Crippen LogP contribution in [0, 0.1) is 0 Å². The summed E-state index contributed by atoms with van der Waals surface area (Å²) >= 11 is 5.47. The van der Waals surface area contributed by atoms with Gasteiger partial charge in [0.1, 0.15) is 12.4 Å². The third-order valence-corrected chi connectivity index (χ3v) is 5.16. The van der Waals surface area contributed by atoms with Crippen LogP contribution >= 0.6 is 12.2 Å². The summed E-state index contributed by atoms with van der Waals surface area (Å²) < 4.78 is 5.49. The van der Waals surface area contributed by atoms with Gasteiger partial charge >= 0.3 is 0 Å². The summed E-state index contributed by atoms with van der Waals surface area (Å²) in [6.07, 6.45) is 5.66. The number of anilines is 2. The minimum atomic E-state index is 0.130. The number of rotatable bonds is 7. The molecule has 1 unspecified atom stereocenters. The third kappa shape index (κ3) is 5.73. The molecular formula is C23H29N3OS. The lowest BCUT2D eigenvalue weighted by atomic mass is 10.1. The topological polar surface area (TPSA) is 36.5 Å². The molecule has 28 heavy (non-hydrogen) atoms. The van der Waals surface area contributed by atoms with E-state index >= 15 is 0 Å². The van der Waals surface area contributed by atoms with E-state index in [1.54, 1.807) is 6.08 Å². The fourth-order valence-electron chi connectivity index (χ4n) is 3.36. The van der Waals surface area contributed by atoms with Crippen molar-refractivity contribution >= 4 is 28.7 Å². The van der Waals surface area contributed by atoms with Gasteiger partial charge in [-0.3, -0.25) is 0 Å². The molecule has 1 saturated heterocycles. The summed E-state index contributed by atoms with van der Waals surface area (Å²) in [6, 6.07) is 16.7. The van der Waals surface area contributed by atoms with Gasteiger partial charge in [-0.25, -0.2) is 0 Å². The van der Waals surface area contributed by atoms with E-state index in [4.69, 9.17) is 17.0 Å². The highest BCUT2D eigenvalue weighted by Crippen LogP contribution is 2.22. The first-order valence-corrected chi connectivity index (χ1v) is 10.3. The van der Waals surface area contributed by atoms with Crippen molar-refractivity contribution in [2.24, 2.45) is 0 Å². The van der Waals surface area contributed by atoms with Gasteiger partial charge in [0, 0.05) is 24.5 Å². The van der Waals surface area contributed by atoms with Gasteiger partial charge in [-0.2, -0.15) is 0 Å². The van der Waals surface area contributed by atoms with E-state index in [1.807, 2.05) is 24.3 Å². The van der Waals surface area contributed by atoms with Gasteiger partial charge < -0.3 is 20.3 Å². The Labute approximate surface area is 173 Å². The Bertz CT molecular complexity index is 767. The van der Waals surface area contributed by atoms with Crippen LogP contribution in [-0.2, 0) is 0 Å². The molecule has 2 N–H and O–H groups in total. The maximum Gasteiger partial charge on any atom is 0.171 e. The normalized spacial score (nSPS) is 14.8. The lowest BCUT2D eigenvalue weighted by molar-refractivity contribution is 0.363. The molecule has 0 bridgehead atoms. The van der Waals surface area contributed by atoms with Crippen LogP contribution in [0.1, 0.15) is 37.8 Å². The quantitative estimate of drug-likeness (QED) is 0.492. The van der Waals surface area contributed by atoms with Gasteiger partial charge in [-0.1, -0.05) is 24.8 Å². The molecule has 5 heteroatoms. The first kappa shape index (κ1) is 20.2. The monoisotopic (exact) mass is 395 g/mol.